The topological polar surface area (TPSA) is 44.7 Å². The van der Waals surface area contributed by atoms with Gasteiger partial charge < -0.3 is 15.2 Å². The van der Waals surface area contributed by atoms with Crippen LogP contribution in [0.3, 0.4) is 0 Å². The van der Waals surface area contributed by atoms with Crippen LogP contribution in [0.25, 0.3) is 0 Å². The molecule has 0 aromatic heterocycles. The molecule has 0 aromatic carbocycles. The van der Waals surface area contributed by atoms with Gasteiger partial charge in [-0.25, -0.2) is 0 Å². The highest BCUT2D eigenvalue weighted by Gasteiger charge is 2.28. The van der Waals surface area contributed by atoms with Crippen LogP contribution >= 0.6 is 0 Å². The van der Waals surface area contributed by atoms with Crippen LogP contribution in [0.15, 0.2) is 0 Å². The van der Waals surface area contributed by atoms with Gasteiger partial charge in [-0.1, -0.05) is 6.92 Å². The minimum absolute atomic E-state index is 0.142. The van der Waals surface area contributed by atoms with Crippen molar-refractivity contribution < 1.29 is 9.84 Å². The highest BCUT2D eigenvalue weighted by atomic mass is 16.5. The van der Waals surface area contributed by atoms with E-state index < -0.39 is 0 Å². The molecule has 2 N–H and O–H groups in total. The van der Waals surface area contributed by atoms with Crippen molar-refractivity contribution in [2.45, 2.75) is 38.0 Å². The summed E-state index contributed by atoms with van der Waals surface area (Å²) < 4.78 is 5.48. The molecule has 0 saturated carbocycles. The number of nitrogens with one attached hydrogen (secondary N) is 1. The van der Waals surface area contributed by atoms with Crippen LogP contribution in [0.1, 0.15) is 19.8 Å². The summed E-state index contributed by atoms with van der Waals surface area (Å²) in [6.07, 6.45) is 1.90. The lowest BCUT2D eigenvalue weighted by molar-refractivity contribution is -0.0121. The molecule has 0 radical (unpaired) electrons. The lowest BCUT2D eigenvalue weighted by atomic mass is 10.1. The number of nitrogens with zero attached hydrogens (tertiary/aromatic N) is 1. The number of ether oxygens (including phenoxy) is 1. The van der Waals surface area contributed by atoms with Crippen LogP contribution in [0, 0.1) is 0 Å². The standard InChI is InChI=1S/C11H22N2O2/c1-2-10-8-15-4-3-13(10)7-9-5-11(14)6-12-9/h9-12,14H,2-8H2,1H3. The molecule has 2 heterocycles. The first kappa shape index (κ1) is 11.3. The predicted octanol–water partition coefficient (Wildman–Crippen LogP) is -0.180. The molecule has 2 rings (SSSR count). The lowest BCUT2D eigenvalue weighted by Gasteiger charge is -2.36. The van der Waals surface area contributed by atoms with Crippen molar-refractivity contribution in [1.82, 2.24) is 10.2 Å². The van der Waals surface area contributed by atoms with E-state index in [1.807, 2.05) is 0 Å². The number of rotatable bonds is 3. The van der Waals surface area contributed by atoms with Crippen LogP contribution in [0.4, 0.5) is 0 Å². The molecule has 2 aliphatic rings. The number of hydrogen-bond acceptors (Lipinski definition) is 4. The molecule has 3 unspecified atom stereocenters. The zero-order chi connectivity index (χ0) is 10.7. The van der Waals surface area contributed by atoms with Gasteiger partial charge in [-0.3, -0.25) is 4.90 Å². The first-order valence-corrected chi connectivity index (χ1v) is 6.03. The fourth-order valence-electron chi connectivity index (χ4n) is 2.53. The molecular weight excluding hydrogens is 192 g/mol. The minimum atomic E-state index is -0.142. The van der Waals surface area contributed by atoms with Gasteiger partial charge in [-0.05, 0) is 12.8 Å². The van der Waals surface area contributed by atoms with Gasteiger partial charge in [-0.15, -0.1) is 0 Å². The number of morpholine rings is 1. The van der Waals surface area contributed by atoms with E-state index in [1.165, 1.54) is 0 Å². The van der Waals surface area contributed by atoms with E-state index in [4.69, 9.17) is 4.74 Å². The summed E-state index contributed by atoms with van der Waals surface area (Å²) in [6.45, 7) is 6.78. The zero-order valence-electron chi connectivity index (χ0n) is 9.48. The molecule has 0 spiro atoms. The Morgan fingerprint density at radius 1 is 1.53 bits per heavy atom. The molecule has 0 bridgehead atoms. The van der Waals surface area contributed by atoms with Crippen LogP contribution in [0.5, 0.6) is 0 Å². The molecule has 4 nitrogen and oxygen atoms in total. The third-order valence-corrected chi connectivity index (χ3v) is 3.47. The predicted molar refractivity (Wildman–Crippen MR) is 58.9 cm³/mol. The second-order valence-corrected chi connectivity index (χ2v) is 4.63. The summed E-state index contributed by atoms with van der Waals surface area (Å²) in [5.74, 6) is 0. The van der Waals surface area contributed by atoms with Crippen molar-refractivity contribution in [2.75, 3.05) is 32.8 Å². The van der Waals surface area contributed by atoms with Gasteiger partial charge in [0.15, 0.2) is 0 Å². The molecule has 0 aliphatic carbocycles. The van der Waals surface area contributed by atoms with Gasteiger partial charge in [-0.2, -0.15) is 0 Å². The minimum Gasteiger partial charge on any atom is -0.392 e. The van der Waals surface area contributed by atoms with Crippen molar-refractivity contribution in [2.24, 2.45) is 0 Å². The Morgan fingerprint density at radius 2 is 2.40 bits per heavy atom. The summed E-state index contributed by atoms with van der Waals surface area (Å²) in [5.41, 5.74) is 0. The SMILES string of the molecule is CCC1COCCN1CC1CC(O)CN1. The monoisotopic (exact) mass is 214 g/mol. The van der Waals surface area contributed by atoms with E-state index in [2.05, 4.69) is 17.1 Å². The summed E-state index contributed by atoms with van der Waals surface area (Å²) in [5, 5.41) is 12.8. The molecule has 0 amide bonds. The first-order valence-electron chi connectivity index (χ1n) is 6.03. The second-order valence-electron chi connectivity index (χ2n) is 4.63. The van der Waals surface area contributed by atoms with E-state index in [9.17, 15) is 5.11 Å². The summed E-state index contributed by atoms with van der Waals surface area (Å²) >= 11 is 0. The van der Waals surface area contributed by atoms with Crippen molar-refractivity contribution in [1.29, 1.82) is 0 Å². The average molecular weight is 214 g/mol. The number of β-amino-alcohol motifs (C(OH)–C–C–N with tert-alkyl or cyclic N) is 1. The lowest BCUT2D eigenvalue weighted by Crippen LogP contribution is -2.49. The Balaban J connectivity index is 1.81. The van der Waals surface area contributed by atoms with Gasteiger partial charge in [0.2, 0.25) is 0 Å². The maximum absolute atomic E-state index is 9.45. The molecule has 2 saturated heterocycles. The Kier molecular flexibility index (Phi) is 3.97. The van der Waals surface area contributed by atoms with E-state index >= 15 is 0 Å². The van der Waals surface area contributed by atoms with Gasteiger partial charge >= 0.3 is 0 Å². The Labute approximate surface area is 91.6 Å². The van der Waals surface area contributed by atoms with E-state index in [1.54, 1.807) is 0 Å². The van der Waals surface area contributed by atoms with Gasteiger partial charge in [0, 0.05) is 31.7 Å². The third kappa shape index (κ3) is 2.91. The summed E-state index contributed by atoms with van der Waals surface area (Å²) in [6, 6.07) is 1.03. The molecule has 88 valence electrons. The van der Waals surface area contributed by atoms with Crippen molar-refractivity contribution in [3.8, 4) is 0 Å². The van der Waals surface area contributed by atoms with Crippen LogP contribution < -0.4 is 5.32 Å². The smallest absolute Gasteiger partial charge is 0.0680 e. The van der Waals surface area contributed by atoms with Crippen LogP contribution in [-0.4, -0.2) is 61.0 Å². The van der Waals surface area contributed by atoms with Gasteiger partial charge in [0.1, 0.15) is 0 Å². The highest BCUT2D eigenvalue weighted by molar-refractivity contribution is 4.86. The molecule has 2 aliphatic heterocycles. The van der Waals surface area contributed by atoms with E-state index in [0.717, 1.165) is 45.7 Å². The van der Waals surface area contributed by atoms with E-state index in [-0.39, 0.29) is 6.10 Å². The van der Waals surface area contributed by atoms with Gasteiger partial charge in [0.05, 0.1) is 19.3 Å². The molecular formula is C11H22N2O2. The fraction of sp³-hybridized carbons (Fsp3) is 1.00. The summed E-state index contributed by atoms with van der Waals surface area (Å²) in [7, 11) is 0. The molecule has 2 fully saturated rings. The van der Waals surface area contributed by atoms with Crippen molar-refractivity contribution in [3.05, 3.63) is 0 Å². The molecule has 4 heteroatoms. The molecule has 15 heavy (non-hydrogen) atoms. The van der Waals surface area contributed by atoms with Crippen molar-refractivity contribution in [3.63, 3.8) is 0 Å². The molecule has 3 atom stereocenters. The van der Waals surface area contributed by atoms with Crippen LogP contribution in [0.2, 0.25) is 0 Å². The fourth-order valence-corrected chi connectivity index (χ4v) is 2.53. The highest BCUT2D eigenvalue weighted by Crippen LogP contribution is 2.14. The Hall–Kier alpha value is -0.160. The third-order valence-electron chi connectivity index (χ3n) is 3.47. The quantitative estimate of drug-likeness (QED) is 0.684. The maximum Gasteiger partial charge on any atom is 0.0680 e. The Bertz CT molecular complexity index is 201. The second kappa shape index (κ2) is 5.25. The Morgan fingerprint density at radius 3 is 3.07 bits per heavy atom. The maximum atomic E-state index is 9.45. The zero-order valence-corrected chi connectivity index (χ0v) is 9.48. The normalized spacial score (nSPS) is 38.4. The van der Waals surface area contributed by atoms with Crippen LogP contribution in [-0.2, 0) is 4.74 Å². The largest absolute Gasteiger partial charge is 0.392 e. The number of hydrogen-bond donors (Lipinski definition) is 2. The average Bonchev–Trinajstić information content (AvgIpc) is 2.65. The van der Waals surface area contributed by atoms with Gasteiger partial charge in [0.25, 0.3) is 0 Å². The summed E-state index contributed by atoms with van der Waals surface area (Å²) in [4.78, 5) is 2.50. The van der Waals surface area contributed by atoms with Crippen molar-refractivity contribution >= 4 is 0 Å². The first-order chi connectivity index (χ1) is 7.29. The molecule has 0 aromatic rings. The number of aliphatic hydroxyl groups is 1. The van der Waals surface area contributed by atoms with E-state index in [0.29, 0.717) is 12.1 Å². The number of aliphatic hydroxyl groups excluding tert-OH is 1.